The first kappa shape index (κ1) is 22.8. The molecule has 2 aliphatic rings. The molecular formula is C23H24ClF3N6O. The van der Waals surface area contributed by atoms with Gasteiger partial charge in [-0.05, 0) is 37.5 Å². The van der Waals surface area contributed by atoms with E-state index >= 15 is 0 Å². The first-order valence-electron chi connectivity index (χ1n) is 11.1. The fourth-order valence-electron chi connectivity index (χ4n) is 5.11. The summed E-state index contributed by atoms with van der Waals surface area (Å²) < 4.78 is 41.1. The smallest absolute Gasteiger partial charge is 0.396 e. The zero-order chi connectivity index (χ0) is 24.2. The number of piperidine rings is 1. The van der Waals surface area contributed by atoms with Crippen LogP contribution in [-0.2, 0) is 31.0 Å². The number of rotatable bonds is 2. The van der Waals surface area contributed by atoms with Crippen LogP contribution in [0.2, 0.25) is 5.02 Å². The van der Waals surface area contributed by atoms with Crippen molar-refractivity contribution >= 4 is 39.8 Å². The van der Waals surface area contributed by atoms with Crippen molar-refractivity contribution in [1.82, 2.24) is 19.7 Å². The predicted molar refractivity (Wildman–Crippen MR) is 123 cm³/mol. The number of fused-ring (bicyclic) bond motifs is 2. The van der Waals surface area contributed by atoms with E-state index in [4.69, 9.17) is 17.3 Å². The summed E-state index contributed by atoms with van der Waals surface area (Å²) in [5.74, 6) is -0.207. The summed E-state index contributed by atoms with van der Waals surface area (Å²) in [6.07, 6.45) is -1.44. The number of anilines is 2. The molecule has 180 valence electrons. The Morgan fingerprint density at radius 1 is 1.21 bits per heavy atom. The second-order valence-electron chi connectivity index (χ2n) is 8.89. The monoisotopic (exact) mass is 492 g/mol. The zero-order valence-corrected chi connectivity index (χ0v) is 19.3. The second-order valence-corrected chi connectivity index (χ2v) is 9.33. The minimum atomic E-state index is -4.49. The SMILES string of the molecule is Cn1nc(C(F)(F)F)c2c1CN(C(=O)C1CCN(c3c(N)cnc4ccc(Cl)cc34)CC1)CC2. The minimum Gasteiger partial charge on any atom is -0.396 e. The number of amides is 1. The van der Waals surface area contributed by atoms with Crippen molar-refractivity contribution in [2.24, 2.45) is 13.0 Å². The van der Waals surface area contributed by atoms with Gasteiger partial charge in [-0.1, -0.05) is 11.6 Å². The fourth-order valence-corrected chi connectivity index (χ4v) is 5.29. The minimum absolute atomic E-state index is 0.0179. The van der Waals surface area contributed by atoms with Gasteiger partial charge < -0.3 is 15.5 Å². The lowest BCUT2D eigenvalue weighted by molar-refractivity contribution is -0.142. The number of hydrogen-bond donors (Lipinski definition) is 1. The highest BCUT2D eigenvalue weighted by Crippen LogP contribution is 2.37. The van der Waals surface area contributed by atoms with E-state index < -0.39 is 11.9 Å². The fraction of sp³-hybridized carbons (Fsp3) is 0.435. The molecule has 1 aromatic carbocycles. The van der Waals surface area contributed by atoms with E-state index in [9.17, 15) is 18.0 Å². The lowest BCUT2D eigenvalue weighted by Crippen LogP contribution is -2.44. The van der Waals surface area contributed by atoms with Gasteiger partial charge in [0, 0.05) is 48.6 Å². The van der Waals surface area contributed by atoms with Gasteiger partial charge in [-0.3, -0.25) is 14.5 Å². The number of alkyl halides is 3. The average Bonchev–Trinajstić information content (AvgIpc) is 3.15. The van der Waals surface area contributed by atoms with E-state index in [0.29, 0.717) is 42.3 Å². The lowest BCUT2D eigenvalue weighted by atomic mass is 9.93. The number of benzene rings is 1. The lowest BCUT2D eigenvalue weighted by Gasteiger charge is -2.37. The Morgan fingerprint density at radius 3 is 2.65 bits per heavy atom. The maximum atomic E-state index is 13.3. The van der Waals surface area contributed by atoms with Crippen LogP contribution < -0.4 is 10.6 Å². The number of nitrogens with zero attached hydrogens (tertiary/aromatic N) is 5. The Morgan fingerprint density at radius 2 is 1.94 bits per heavy atom. The number of aromatic nitrogens is 3. The van der Waals surface area contributed by atoms with Crippen LogP contribution in [0.1, 0.15) is 29.8 Å². The number of pyridine rings is 1. The molecule has 5 rings (SSSR count). The Labute approximate surface area is 199 Å². The number of nitrogens with two attached hydrogens (primary N) is 1. The van der Waals surface area contributed by atoms with Gasteiger partial charge in [-0.25, -0.2) is 0 Å². The van der Waals surface area contributed by atoms with Gasteiger partial charge in [0.15, 0.2) is 5.69 Å². The molecule has 3 aromatic rings. The molecule has 0 saturated carbocycles. The third-order valence-electron chi connectivity index (χ3n) is 6.82. The highest BCUT2D eigenvalue weighted by atomic mass is 35.5. The first-order valence-corrected chi connectivity index (χ1v) is 11.5. The van der Waals surface area contributed by atoms with Crippen molar-refractivity contribution < 1.29 is 18.0 Å². The molecule has 0 bridgehead atoms. The van der Waals surface area contributed by atoms with E-state index in [1.54, 1.807) is 17.2 Å². The van der Waals surface area contributed by atoms with Crippen LogP contribution in [0.15, 0.2) is 24.4 Å². The van der Waals surface area contributed by atoms with Gasteiger partial charge in [0.25, 0.3) is 0 Å². The van der Waals surface area contributed by atoms with E-state index in [1.807, 2.05) is 12.1 Å². The summed E-state index contributed by atoms with van der Waals surface area (Å²) in [6.45, 7) is 1.68. The van der Waals surface area contributed by atoms with Gasteiger partial charge in [0.1, 0.15) is 0 Å². The molecule has 1 fully saturated rings. The Bertz CT molecular complexity index is 1260. The summed E-state index contributed by atoms with van der Waals surface area (Å²) in [7, 11) is 1.50. The second kappa shape index (κ2) is 8.33. The summed E-state index contributed by atoms with van der Waals surface area (Å²) in [5, 5.41) is 5.14. The molecule has 4 heterocycles. The summed E-state index contributed by atoms with van der Waals surface area (Å²) in [6, 6.07) is 5.48. The van der Waals surface area contributed by atoms with Crippen molar-refractivity contribution in [3.63, 3.8) is 0 Å². The van der Waals surface area contributed by atoms with E-state index in [-0.39, 0.29) is 36.9 Å². The van der Waals surface area contributed by atoms with Crippen LogP contribution in [0.5, 0.6) is 0 Å². The molecule has 0 unspecified atom stereocenters. The van der Waals surface area contributed by atoms with Gasteiger partial charge >= 0.3 is 6.18 Å². The van der Waals surface area contributed by atoms with Crippen molar-refractivity contribution in [2.45, 2.75) is 32.0 Å². The number of carbonyl (C=O) groups is 1. The first-order chi connectivity index (χ1) is 16.1. The highest BCUT2D eigenvalue weighted by Gasteiger charge is 2.41. The van der Waals surface area contributed by atoms with E-state index in [2.05, 4.69) is 15.0 Å². The summed E-state index contributed by atoms with van der Waals surface area (Å²) >= 11 is 6.20. The number of halogens is 4. The number of carbonyl (C=O) groups excluding carboxylic acids is 1. The van der Waals surface area contributed by atoms with Crippen LogP contribution >= 0.6 is 11.6 Å². The molecule has 0 radical (unpaired) electrons. The summed E-state index contributed by atoms with van der Waals surface area (Å²) in [4.78, 5) is 21.4. The normalized spacial score (nSPS) is 17.3. The average molecular weight is 493 g/mol. The predicted octanol–water partition coefficient (Wildman–Crippen LogP) is 4.02. The Kier molecular flexibility index (Phi) is 5.58. The molecule has 2 N–H and O–H groups in total. The zero-order valence-electron chi connectivity index (χ0n) is 18.6. The Hall–Kier alpha value is -3.01. The van der Waals surface area contributed by atoms with Crippen LogP contribution in [0.3, 0.4) is 0 Å². The van der Waals surface area contributed by atoms with Crippen molar-refractivity contribution in [3.8, 4) is 0 Å². The number of nitrogen functional groups attached to an aromatic ring is 1. The molecule has 7 nitrogen and oxygen atoms in total. The van der Waals surface area contributed by atoms with E-state index in [1.165, 1.54) is 11.7 Å². The molecule has 0 aliphatic carbocycles. The Balaban J connectivity index is 1.30. The molecule has 2 aliphatic heterocycles. The molecule has 2 aromatic heterocycles. The molecule has 0 spiro atoms. The van der Waals surface area contributed by atoms with Crippen LogP contribution in [0.4, 0.5) is 24.5 Å². The van der Waals surface area contributed by atoms with E-state index in [0.717, 1.165) is 16.6 Å². The van der Waals surface area contributed by atoms with Crippen molar-refractivity contribution in [1.29, 1.82) is 0 Å². The summed E-state index contributed by atoms with van der Waals surface area (Å²) in [5.41, 5.74) is 8.30. The van der Waals surface area contributed by atoms with Gasteiger partial charge in [-0.2, -0.15) is 18.3 Å². The van der Waals surface area contributed by atoms with Crippen LogP contribution in [0, 0.1) is 5.92 Å². The van der Waals surface area contributed by atoms with Gasteiger partial charge in [-0.15, -0.1) is 0 Å². The highest BCUT2D eigenvalue weighted by molar-refractivity contribution is 6.31. The molecule has 1 saturated heterocycles. The maximum Gasteiger partial charge on any atom is 0.435 e. The quantitative estimate of drug-likeness (QED) is 0.584. The van der Waals surface area contributed by atoms with Gasteiger partial charge in [0.05, 0.1) is 35.3 Å². The molecule has 34 heavy (non-hydrogen) atoms. The molecular weight excluding hydrogens is 469 g/mol. The number of aryl methyl sites for hydroxylation is 1. The number of hydrogen-bond acceptors (Lipinski definition) is 5. The van der Waals surface area contributed by atoms with Crippen molar-refractivity contribution in [2.75, 3.05) is 30.3 Å². The van der Waals surface area contributed by atoms with Crippen molar-refractivity contribution in [3.05, 3.63) is 46.4 Å². The van der Waals surface area contributed by atoms with Crippen LogP contribution in [-0.4, -0.2) is 45.2 Å². The largest absolute Gasteiger partial charge is 0.435 e. The van der Waals surface area contributed by atoms with Crippen LogP contribution in [0.25, 0.3) is 10.9 Å². The maximum absolute atomic E-state index is 13.3. The standard InChI is InChI=1S/C23H24ClF3N6O/c1-31-19-12-33(9-6-15(19)21(30-31)23(25,26)27)22(34)13-4-7-32(8-5-13)20-16-10-14(24)2-3-18(16)29-11-17(20)28/h2-3,10-11,13H,4-9,12,28H2,1H3. The third-order valence-corrected chi connectivity index (χ3v) is 7.05. The third kappa shape index (κ3) is 3.93. The molecule has 0 atom stereocenters. The van der Waals surface area contributed by atoms with Gasteiger partial charge in [0.2, 0.25) is 5.91 Å². The topological polar surface area (TPSA) is 80.3 Å². The molecule has 11 heteroatoms. The molecule has 1 amide bonds.